The summed E-state index contributed by atoms with van der Waals surface area (Å²) in [6.45, 7) is 36.5. The number of anilines is 6. The molecule has 0 saturated heterocycles. The van der Waals surface area contributed by atoms with Crippen molar-refractivity contribution in [3.8, 4) is 22.3 Å². The molecular formula is C66H73BN2. The predicted molar refractivity (Wildman–Crippen MR) is 299 cm³/mol. The maximum Gasteiger partial charge on any atom is 0.252 e. The third kappa shape index (κ3) is 7.18. The number of hydrogen-bond acceptors (Lipinski definition) is 2. The lowest BCUT2D eigenvalue weighted by atomic mass is 9.32. The fourth-order valence-corrected chi connectivity index (χ4v) is 13.2. The lowest BCUT2D eigenvalue weighted by Gasteiger charge is -2.48. The summed E-state index contributed by atoms with van der Waals surface area (Å²) in [6, 6.07) is 52.5. The SMILES string of the molecule is Cc1cc(-c2ccccc2)ccc1N1c2cc3c(cc2B2c4cc5c(cc4N(c4ccc(C(C)(C)C)cc4-c4ccccc4)c4cc(C(C)(C)C)cc1c42)C(C)(C)CCC5(C)C)C(C)(C)CC3(C)C. The third-order valence-corrected chi connectivity index (χ3v) is 17.1. The zero-order valence-electron chi connectivity index (χ0n) is 44.3. The monoisotopic (exact) mass is 905 g/mol. The molecule has 0 fully saturated rings. The minimum atomic E-state index is -0.130. The molecule has 0 atom stereocenters. The molecule has 0 bridgehead atoms. The van der Waals surface area contributed by atoms with Crippen LogP contribution in [0.4, 0.5) is 34.1 Å². The van der Waals surface area contributed by atoms with Gasteiger partial charge in [-0.25, -0.2) is 0 Å². The van der Waals surface area contributed by atoms with E-state index in [9.17, 15) is 0 Å². The Kier molecular flexibility index (Phi) is 9.99. The Labute approximate surface area is 415 Å². The first kappa shape index (κ1) is 45.6. The van der Waals surface area contributed by atoms with Crippen molar-refractivity contribution in [3.05, 3.63) is 172 Å². The fraction of sp³-hybridized carbons (Fsp3) is 0.364. The Morgan fingerprint density at radius 3 is 1.39 bits per heavy atom. The van der Waals surface area contributed by atoms with Crippen molar-refractivity contribution >= 4 is 57.2 Å². The Bertz CT molecular complexity index is 3230. The van der Waals surface area contributed by atoms with Gasteiger partial charge in [-0.1, -0.05) is 182 Å². The zero-order chi connectivity index (χ0) is 49.0. The van der Waals surface area contributed by atoms with E-state index in [1.807, 2.05) is 0 Å². The number of fused-ring (bicyclic) bond motifs is 6. The van der Waals surface area contributed by atoms with Crippen LogP contribution in [0.2, 0.25) is 0 Å². The van der Waals surface area contributed by atoms with Gasteiger partial charge in [0.05, 0.1) is 5.69 Å². The van der Waals surface area contributed by atoms with E-state index in [1.165, 1.54) is 118 Å². The van der Waals surface area contributed by atoms with E-state index in [1.54, 1.807) is 0 Å². The molecule has 2 nitrogen and oxygen atoms in total. The second kappa shape index (κ2) is 15.1. The average molecular weight is 905 g/mol. The highest BCUT2D eigenvalue weighted by Crippen LogP contribution is 2.55. The molecule has 0 saturated carbocycles. The summed E-state index contributed by atoms with van der Waals surface area (Å²) in [5.74, 6) is 0. The summed E-state index contributed by atoms with van der Waals surface area (Å²) in [4.78, 5) is 5.42. The summed E-state index contributed by atoms with van der Waals surface area (Å²) < 4.78 is 0. The lowest BCUT2D eigenvalue weighted by molar-refractivity contribution is 0.332. The van der Waals surface area contributed by atoms with E-state index in [0.717, 1.165) is 12.8 Å². The van der Waals surface area contributed by atoms with Gasteiger partial charge in [0.15, 0.2) is 0 Å². The van der Waals surface area contributed by atoms with Gasteiger partial charge in [0.2, 0.25) is 0 Å². The number of hydrogen-bond donors (Lipinski definition) is 0. The average Bonchev–Trinajstić information content (AvgIpc) is 3.48. The lowest BCUT2D eigenvalue weighted by Crippen LogP contribution is -2.62. The molecule has 7 aromatic rings. The van der Waals surface area contributed by atoms with E-state index in [0.29, 0.717) is 0 Å². The van der Waals surface area contributed by atoms with E-state index in [2.05, 4.69) is 247 Å². The molecule has 11 rings (SSSR count). The van der Waals surface area contributed by atoms with Gasteiger partial charge in [0, 0.05) is 34.0 Å². The smallest absolute Gasteiger partial charge is 0.252 e. The van der Waals surface area contributed by atoms with E-state index in [4.69, 9.17) is 0 Å². The summed E-state index contributed by atoms with van der Waals surface area (Å²) in [7, 11) is 0. The third-order valence-electron chi connectivity index (χ3n) is 17.1. The van der Waals surface area contributed by atoms with Gasteiger partial charge in [0.25, 0.3) is 6.71 Å². The highest BCUT2D eigenvalue weighted by atomic mass is 15.2. The molecule has 2 aliphatic heterocycles. The number of nitrogens with zero attached hydrogens (tertiary/aromatic N) is 2. The van der Waals surface area contributed by atoms with E-state index >= 15 is 0 Å². The van der Waals surface area contributed by atoms with Crippen molar-refractivity contribution in [1.82, 2.24) is 0 Å². The van der Waals surface area contributed by atoms with Crippen molar-refractivity contribution in [1.29, 1.82) is 0 Å². The van der Waals surface area contributed by atoms with Crippen molar-refractivity contribution in [2.75, 3.05) is 9.80 Å². The van der Waals surface area contributed by atoms with E-state index < -0.39 is 0 Å². The van der Waals surface area contributed by atoms with Crippen LogP contribution in [-0.4, -0.2) is 6.71 Å². The molecule has 0 N–H and O–H groups in total. The van der Waals surface area contributed by atoms with Crippen LogP contribution in [0.1, 0.15) is 155 Å². The maximum atomic E-state index is 2.72. The maximum absolute atomic E-state index is 2.72. The van der Waals surface area contributed by atoms with Crippen LogP contribution in [0.15, 0.2) is 133 Å². The molecule has 350 valence electrons. The molecule has 0 spiro atoms. The zero-order valence-corrected chi connectivity index (χ0v) is 44.3. The predicted octanol–water partition coefficient (Wildman–Crippen LogP) is 16.3. The minimum absolute atomic E-state index is 0.0201. The Morgan fingerprint density at radius 2 is 0.870 bits per heavy atom. The molecule has 0 amide bonds. The molecule has 4 aliphatic rings. The Balaban J connectivity index is 1.31. The normalized spacial score (nSPS) is 18.0. The summed E-state index contributed by atoms with van der Waals surface area (Å²) >= 11 is 0. The number of benzene rings is 7. The highest BCUT2D eigenvalue weighted by Gasteiger charge is 2.50. The van der Waals surface area contributed by atoms with Crippen LogP contribution >= 0.6 is 0 Å². The second-order valence-corrected chi connectivity index (χ2v) is 26.1. The van der Waals surface area contributed by atoms with Gasteiger partial charge < -0.3 is 9.80 Å². The standard InChI is InChI=1S/C66H73BN2/c1-41-32-44(42-22-18-16-19-23-42)26-28-54(41)68-56-39-51-49(65(12,13)40-66(51,14)15)37-53(56)67-52-36-48-50(64(10,11)31-30-63(48,8)9)38-57(52)69(59-35-46(62(5,6)7)34-58(68)60(59)67)55-29-27-45(61(2,3)4)33-47(55)43-24-20-17-21-25-43/h16-29,32-39H,30-31,40H2,1-15H3. The first-order valence-corrected chi connectivity index (χ1v) is 25.9. The Morgan fingerprint density at radius 1 is 0.406 bits per heavy atom. The van der Waals surface area contributed by atoms with Crippen molar-refractivity contribution in [2.45, 2.75) is 156 Å². The van der Waals surface area contributed by atoms with Gasteiger partial charge in [-0.2, -0.15) is 0 Å². The molecule has 3 heteroatoms. The molecule has 7 aromatic carbocycles. The summed E-state index contributed by atoms with van der Waals surface area (Å²) in [6.07, 6.45) is 3.45. The van der Waals surface area contributed by atoms with Gasteiger partial charge in [-0.15, -0.1) is 0 Å². The van der Waals surface area contributed by atoms with E-state index in [-0.39, 0.29) is 39.2 Å². The molecule has 0 aromatic heterocycles. The molecule has 69 heavy (non-hydrogen) atoms. The summed E-state index contributed by atoms with van der Waals surface area (Å²) in [5, 5.41) is 0. The molecule has 2 heterocycles. The molecular weight excluding hydrogens is 832 g/mol. The molecule has 0 unspecified atom stereocenters. The van der Waals surface area contributed by atoms with Gasteiger partial charge in [0.1, 0.15) is 0 Å². The molecule has 0 radical (unpaired) electrons. The van der Waals surface area contributed by atoms with Crippen LogP contribution in [0.5, 0.6) is 0 Å². The van der Waals surface area contributed by atoms with Crippen molar-refractivity contribution in [3.63, 3.8) is 0 Å². The Hall–Kier alpha value is -5.80. The highest BCUT2D eigenvalue weighted by molar-refractivity contribution is 7.00. The largest absolute Gasteiger partial charge is 0.311 e. The second-order valence-electron chi connectivity index (χ2n) is 26.1. The van der Waals surface area contributed by atoms with Crippen molar-refractivity contribution < 1.29 is 0 Å². The van der Waals surface area contributed by atoms with Crippen LogP contribution in [0.25, 0.3) is 22.3 Å². The van der Waals surface area contributed by atoms with Crippen LogP contribution in [-0.2, 0) is 32.5 Å². The van der Waals surface area contributed by atoms with Crippen LogP contribution < -0.4 is 26.2 Å². The fourth-order valence-electron chi connectivity index (χ4n) is 13.2. The quantitative estimate of drug-likeness (QED) is 0.162. The van der Waals surface area contributed by atoms with Gasteiger partial charge in [-0.05, 0) is 179 Å². The van der Waals surface area contributed by atoms with Crippen molar-refractivity contribution in [2.24, 2.45) is 0 Å². The first-order valence-electron chi connectivity index (χ1n) is 25.9. The number of aryl methyl sites for hydroxylation is 1. The van der Waals surface area contributed by atoms with Gasteiger partial charge >= 0.3 is 0 Å². The summed E-state index contributed by atoms with van der Waals surface area (Å²) in [5.41, 5.74) is 26.9. The first-order chi connectivity index (χ1) is 32.4. The van der Waals surface area contributed by atoms with Crippen LogP contribution in [0.3, 0.4) is 0 Å². The van der Waals surface area contributed by atoms with Gasteiger partial charge in [-0.3, -0.25) is 0 Å². The number of rotatable bonds is 4. The minimum Gasteiger partial charge on any atom is -0.311 e. The topological polar surface area (TPSA) is 6.48 Å². The molecule has 2 aliphatic carbocycles. The van der Waals surface area contributed by atoms with Crippen LogP contribution in [0, 0.1) is 6.92 Å².